The molecule has 39 heavy (non-hydrogen) atoms. The molecule has 0 aliphatic carbocycles. The first-order chi connectivity index (χ1) is 18.9. The minimum absolute atomic E-state index is 0.143. The van der Waals surface area contributed by atoms with Crippen LogP contribution in [0, 0.1) is 0 Å². The molecular formula is C31H26ClN3O4. The Hall–Kier alpha value is -4.62. The van der Waals surface area contributed by atoms with Gasteiger partial charge in [-0.05, 0) is 58.7 Å². The van der Waals surface area contributed by atoms with E-state index in [0.717, 1.165) is 22.3 Å². The smallest absolute Gasteiger partial charge is 0.326 e. The van der Waals surface area contributed by atoms with Crippen LogP contribution < -0.4 is 4.74 Å². The number of imidazole rings is 1. The lowest BCUT2D eigenvalue weighted by atomic mass is 10.0. The molecule has 0 saturated heterocycles. The summed E-state index contributed by atoms with van der Waals surface area (Å²) in [6.45, 7) is 0.440. The van der Waals surface area contributed by atoms with Crippen LogP contribution in [0.4, 0.5) is 0 Å². The molecule has 0 aliphatic heterocycles. The van der Waals surface area contributed by atoms with Crippen LogP contribution in [0.5, 0.6) is 5.75 Å². The Labute approximate surface area is 230 Å². The van der Waals surface area contributed by atoms with Crippen molar-refractivity contribution in [3.8, 4) is 16.9 Å². The highest BCUT2D eigenvalue weighted by Crippen LogP contribution is 2.23. The highest BCUT2D eigenvalue weighted by atomic mass is 35.5. The van der Waals surface area contributed by atoms with Gasteiger partial charge in [-0.2, -0.15) is 0 Å². The Morgan fingerprint density at radius 1 is 0.897 bits per heavy atom. The SMILES string of the molecule is CN(C(=O)c1cn2cc(-c3ccc(Cl)cc3)ccc2n1)C(Cc1ccc(OCc2ccccc2)cc1)C(=O)O. The molecule has 2 heterocycles. The summed E-state index contributed by atoms with van der Waals surface area (Å²) < 4.78 is 7.58. The summed E-state index contributed by atoms with van der Waals surface area (Å²) in [7, 11) is 1.49. The number of carbonyl (C=O) groups is 2. The number of ether oxygens (including phenoxy) is 1. The van der Waals surface area contributed by atoms with Crippen LogP contribution in [0.15, 0.2) is 103 Å². The van der Waals surface area contributed by atoms with Gasteiger partial charge in [-0.15, -0.1) is 0 Å². The Balaban J connectivity index is 1.28. The number of fused-ring (bicyclic) bond motifs is 1. The molecular weight excluding hydrogens is 514 g/mol. The Bertz CT molecular complexity index is 1600. The number of nitrogens with zero attached hydrogens (tertiary/aromatic N) is 3. The molecule has 1 atom stereocenters. The number of aromatic nitrogens is 2. The highest BCUT2D eigenvalue weighted by molar-refractivity contribution is 6.30. The van der Waals surface area contributed by atoms with E-state index in [1.807, 2.05) is 85.1 Å². The van der Waals surface area contributed by atoms with Crippen LogP contribution >= 0.6 is 11.6 Å². The van der Waals surface area contributed by atoms with E-state index in [1.165, 1.54) is 11.9 Å². The summed E-state index contributed by atoms with van der Waals surface area (Å²) in [5.41, 5.74) is 4.49. The number of benzene rings is 3. The molecule has 1 N–H and O–H groups in total. The van der Waals surface area contributed by atoms with Crippen molar-refractivity contribution >= 4 is 29.1 Å². The van der Waals surface area contributed by atoms with Crippen molar-refractivity contribution in [3.63, 3.8) is 0 Å². The summed E-state index contributed by atoms with van der Waals surface area (Å²) >= 11 is 6.00. The maximum atomic E-state index is 13.3. The maximum Gasteiger partial charge on any atom is 0.326 e. The first kappa shape index (κ1) is 26.0. The fraction of sp³-hybridized carbons (Fsp3) is 0.129. The summed E-state index contributed by atoms with van der Waals surface area (Å²) in [5.74, 6) is -0.882. The second-order valence-electron chi connectivity index (χ2n) is 9.21. The van der Waals surface area contributed by atoms with Crippen molar-refractivity contribution in [2.75, 3.05) is 7.05 Å². The minimum Gasteiger partial charge on any atom is -0.489 e. The highest BCUT2D eigenvalue weighted by Gasteiger charge is 2.29. The van der Waals surface area contributed by atoms with E-state index in [0.29, 0.717) is 23.0 Å². The van der Waals surface area contributed by atoms with E-state index in [4.69, 9.17) is 16.3 Å². The van der Waals surface area contributed by atoms with Crippen LogP contribution in [-0.4, -0.2) is 44.4 Å². The average molecular weight is 540 g/mol. The zero-order chi connectivity index (χ0) is 27.4. The second-order valence-corrected chi connectivity index (χ2v) is 9.65. The van der Waals surface area contributed by atoms with Crippen molar-refractivity contribution in [1.29, 1.82) is 0 Å². The summed E-state index contributed by atoms with van der Waals surface area (Å²) in [5, 5.41) is 10.6. The van der Waals surface area contributed by atoms with Crippen LogP contribution in [0.25, 0.3) is 16.8 Å². The van der Waals surface area contributed by atoms with Gasteiger partial charge in [-0.3, -0.25) is 4.79 Å². The zero-order valence-electron chi connectivity index (χ0n) is 21.2. The third-order valence-corrected chi connectivity index (χ3v) is 6.77. The molecule has 5 aromatic rings. The van der Waals surface area contributed by atoms with Crippen LogP contribution in [0.3, 0.4) is 0 Å². The van der Waals surface area contributed by atoms with Crippen molar-refractivity contribution in [2.45, 2.75) is 19.1 Å². The van der Waals surface area contributed by atoms with Crippen molar-refractivity contribution in [3.05, 3.63) is 125 Å². The fourth-order valence-electron chi connectivity index (χ4n) is 4.31. The molecule has 1 unspecified atom stereocenters. The van der Waals surface area contributed by atoms with E-state index >= 15 is 0 Å². The Morgan fingerprint density at radius 3 is 2.28 bits per heavy atom. The molecule has 0 radical (unpaired) electrons. The molecule has 0 spiro atoms. The predicted octanol–water partition coefficient (Wildman–Crippen LogP) is 6.00. The van der Waals surface area contributed by atoms with Gasteiger partial charge in [-0.1, -0.05) is 66.2 Å². The molecule has 0 fully saturated rings. The minimum atomic E-state index is -1.09. The standard InChI is InChI=1S/C31H26ClN3O4/c1-34(28(31(37)38)17-21-7-14-26(15-8-21)39-20-22-5-3-2-4-6-22)30(36)27-19-35-18-24(11-16-29(35)33-27)23-9-12-25(32)13-10-23/h2-16,18-19,28H,17,20H2,1H3,(H,37,38). The van der Waals surface area contributed by atoms with Crippen molar-refractivity contribution < 1.29 is 19.4 Å². The van der Waals surface area contributed by atoms with Crippen molar-refractivity contribution in [1.82, 2.24) is 14.3 Å². The second kappa shape index (κ2) is 11.4. The lowest BCUT2D eigenvalue weighted by Gasteiger charge is -2.24. The zero-order valence-corrected chi connectivity index (χ0v) is 22.0. The predicted molar refractivity (Wildman–Crippen MR) is 150 cm³/mol. The number of aliphatic carboxylic acids is 1. The molecule has 0 aliphatic rings. The van der Waals surface area contributed by atoms with Gasteiger partial charge in [-0.25, -0.2) is 9.78 Å². The topological polar surface area (TPSA) is 84.1 Å². The van der Waals surface area contributed by atoms with E-state index < -0.39 is 17.9 Å². The Kier molecular flexibility index (Phi) is 7.61. The monoisotopic (exact) mass is 539 g/mol. The molecule has 8 heteroatoms. The van der Waals surface area contributed by atoms with Crippen LogP contribution in [0.2, 0.25) is 5.02 Å². The summed E-state index contributed by atoms with van der Waals surface area (Å²) in [4.78, 5) is 31.1. The van der Waals surface area contributed by atoms with Gasteiger partial charge >= 0.3 is 5.97 Å². The largest absolute Gasteiger partial charge is 0.489 e. The van der Waals surface area contributed by atoms with Gasteiger partial charge < -0.3 is 19.1 Å². The van der Waals surface area contributed by atoms with Crippen molar-refractivity contribution in [2.24, 2.45) is 0 Å². The number of carbonyl (C=O) groups excluding carboxylic acids is 1. The molecule has 196 valence electrons. The molecule has 7 nitrogen and oxygen atoms in total. The van der Waals surface area contributed by atoms with Gasteiger partial charge in [0.15, 0.2) is 0 Å². The first-order valence-electron chi connectivity index (χ1n) is 12.4. The van der Waals surface area contributed by atoms with E-state index in [9.17, 15) is 14.7 Å². The number of rotatable bonds is 9. The number of likely N-dealkylation sites (N-methyl/N-ethyl adjacent to an activating group) is 1. The number of carboxylic acids is 1. The van der Waals surface area contributed by atoms with Gasteiger partial charge in [0, 0.05) is 30.9 Å². The van der Waals surface area contributed by atoms with Gasteiger partial charge in [0.05, 0.1) is 0 Å². The number of amides is 1. The van der Waals surface area contributed by atoms with E-state index in [1.54, 1.807) is 22.7 Å². The summed E-state index contributed by atoms with van der Waals surface area (Å²) in [6, 6.07) is 27.2. The third kappa shape index (κ3) is 6.10. The van der Waals surface area contributed by atoms with E-state index in [-0.39, 0.29) is 12.1 Å². The molecule has 1 amide bonds. The number of hydrogen-bond acceptors (Lipinski definition) is 4. The van der Waals surface area contributed by atoms with Crippen LogP contribution in [0.1, 0.15) is 21.6 Å². The first-order valence-corrected chi connectivity index (χ1v) is 12.8. The quantitative estimate of drug-likeness (QED) is 0.248. The molecule has 3 aromatic carbocycles. The van der Waals surface area contributed by atoms with Gasteiger partial charge in [0.1, 0.15) is 29.7 Å². The number of carboxylic acid groups (broad SMARTS) is 1. The molecule has 0 bridgehead atoms. The lowest BCUT2D eigenvalue weighted by Crippen LogP contribution is -2.44. The molecule has 5 rings (SSSR count). The van der Waals surface area contributed by atoms with Crippen LogP contribution in [-0.2, 0) is 17.8 Å². The number of halogens is 1. The average Bonchev–Trinajstić information content (AvgIpc) is 3.39. The van der Waals surface area contributed by atoms with Gasteiger partial charge in [0.2, 0.25) is 0 Å². The Morgan fingerprint density at radius 2 is 1.59 bits per heavy atom. The third-order valence-electron chi connectivity index (χ3n) is 6.52. The molecule has 2 aromatic heterocycles. The molecule has 0 saturated carbocycles. The number of pyridine rings is 1. The fourth-order valence-corrected chi connectivity index (χ4v) is 4.43. The lowest BCUT2D eigenvalue weighted by molar-refractivity contribution is -0.141. The van der Waals surface area contributed by atoms with E-state index in [2.05, 4.69) is 4.98 Å². The summed E-state index contributed by atoms with van der Waals surface area (Å²) in [6.07, 6.45) is 3.63. The van der Waals surface area contributed by atoms with Gasteiger partial charge in [0.25, 0.3) is 5.91 Å². The number of hydrogen-bond donors (Lipinski definition) is 1. The normalized spacial score (nSPS) is 11.7. The maximum absolute atomic E-state index is 13.3.